The second kappa shape index (κ2) is 5.90. The van der Waals surface area contributed by atoms with Crippen LogP contribution in [-0.4, -0.2) is 33.2 Å². The van der Waals surface area contributed by atoms with Crippen molar-refractivity contribution in [3.63, 3.8) is 0 Å². The fourth-order valence-electron chi connectivity index (χ4n) is 2.53. The standard InChI is InChI=1S/C15H20N6O2S/c1-5-10(2)21-11(3)14(9-16-21)18-24(22,23)12-6-7-15-13(8-12)17-19-20(15)4/h6-10,18H,5H2,1-4H3. The van der Waals surface area contributed by atoms with Crippen LogP contribution < -0.4 is 4.72 Å². The van der Waals surface area contributed by atoms with Crippen LogP contribution in [0.1, 0.15) is 32.0 Å². The number of aryl methyl sites for hydroxylation is 1. The number of sulfonamides is 1. The lowest BCUT2D eigenvalue weighted by molar-refractivity contribution is 0.468. The summed E-state index contributed by atoms with van der Waals surface area (Å²) in [6.45, 7) is 5.95. The maximum atomic E-state index is 12.6. The van der Waals surface area contributed by atoms with E-state index in [2.05, 4.69) is 27.1 Å². The lowest BCUT2D eigenvalue weighted by Crippen LogP contribution is -2.14. The third-order valence-electron chi connectivity index (χ3n) is 4.19. The van der Waals surface area contributed by atoms with Crippen molar-refractivity contribution in [2.45, 2.75) is 38.1 Å². The highest BCUT2D eigenvalue weighted by molar-refractivity contribution is 7.92. The third-order valence-corrected chi connectivity index (χ3v) is 5.55. The number of hydrogen-bond acceptors (Lipinski definition) is 5. The van der Waals surface area contributed by atoms with Crippen molar-refractivity contribution >= 4 is 26.7 Å². The molecule has 0 aliphatic carbocycles. The van der Waals surface area contributed by atoms with Gasteiger partial charge in [0, 0.05) is 13.1 Å². The molecular formula is C15H20N6O2S. The van der Waals surface area contributed by atoms with Crippen LogP contribution >= 0.6 is 0 Å². The van der Waals surface area contributed by atoms with Gasteiger partial charge in [-0.25, -0.2) is 13.1 Å². The van der Waals surface area contributed by atoms with Crippen LogP contribution in [0.5, 0.6) is 0 Å². The van der Waals surface area contributed by atoms with Crippen LogP contribution in [0, 0.1) is 6.92 Å². The average Bonchev–Trinajstić information content (AvgIpc) is 3.10. The Labute approximate surface area is 140 Å². The number of rotatable bonds is 5. The molecule has 1 aromatic carbocycles. The molecule has 0 spiro atoms. The van der Waals surface area contributed by atoms with E-state index in [1.54, 1.807) is 30.1 Å². The molecule has 3 aromatic rings. The minimum atomic E-state index is -3.72. The summed E-state index contributed by atoms with van der Waals surface area (Å²) in [5.74, 6) is 0. The molecule has 2 aromatic heterocycles. The fourth-order valence-corrected chi connectivity index (χ4v) is 3.65. The maximum absolute atomic E-state index is 12.6. The van der Waals surface area contributed by atoms with E-state index in [1.165, 1.54) is 6.07 Å². The highest BCUT2D eigenvalue weighted by Crippen LogP contribution is 2.24. The molecule has 0 saturated heterocycles. The summed E-state index contributed by atoms with van der Waals surface area (Å²) in [7, 11) is -1.96. The summed E-state index contributed by atoms with van der Waals surface area (Å²) in [6.07, 6.45) is 2.46. The van der Waals surface area contributed by atoms with Crippen LogP contribution in [0.15, 0.2) is 29.3 Å². The minimum Gasteiger partial charge on any atom is -0.276 e. The number of nitrogens with zero attached hydrogens (tertiary/aromatic N) is 5. The molecule has 3 rings (SSSR count). The quantitative estimate of drug-likeness (QED) is 0.763. The number of aromatic nitrogens is 5. The Morgan fingerprint density at radius 1 is 1.33 bits per heavy atom. The zero-order valence-electron chi connectivity index (χ0n) is 14.1. The highest BCUT2D eigenvalue weighted by Gasteiger charge is 2.19. The lowest BCUT2D eigenvalue weighted by Gasteiger charge is -2.12. The molecule has 24 heavy (non-hydrogen) atoms. The Bertz CT molecular complexity index is 989. The Hall–Kier alpha value is -2.42. The van der Waals surface area contributed by atoms with E-state index < -0.39 is 10.0 Å². The van der Waals surface area contributed by atoms with Crippen molar-refractivity contribution in [2.75, 3.05) is 4.72 Å². The first-order valence-corrected chi connectivity index (χ1v) is 9.18. The number of nitrogens with one attached hydrogen (secondary N) is 1. The minimum absolute atomic E-state index is 0.145. The summed E-state index contributed by atoms with van der Waals surface area (Å²) in [5.41, 5.74) is 2.57. The molecule has 0 saturated carbocycles. The zero-order chi connectivity index (χ0) is 17.5. The van der Waals surface area contributed by atoms with Crippen LogP contribution in [0.3, 0.4) is 0 Å². The molecule has 0 radical (unpaired) electrons. The van der Waals surface area contributed by atoms with Gasteiger partial charge in [-0.05, 0) is 38.5 Å². The van der Waals surface area contributed by atoms with Crippen molar-refractivity contribution in [3.05, 3.63) is 30.1 Å². The van der Waals surface area contributed by atoms with Gasteiger partial charge in [0.2, 0.25) is 0 Å². The SMILES string of the molecule is CCC(C)n1ncc(NS(=O)(=O)c2ccc3c(c2)nnn3C)c1C. The lowest BCUT2D eigenvalue weighted by atomic mass is 10.2. The molecule has 0 aliphatic rings. The Balaban J connectivity index is 1.94. The molecule has 8 nitrogen and oxygen atoms in total. The molecule has 0 aliphatic heterocycles. The zero-order valence-corrected chi connectivity index (χ0v) is 14.9. The van der Waals surface area contributed by atoms with Gasteiger partial charge in [-0.1, -0.05) is 12.1 Å². The monoisotopic (exact) mass is 348 g/mol. The number of benzene rings is 1. The highest BCUT2D eigenvalue weighted by atomic mass is 32.2. The smallest absolute Gasteiger partial charge is 0.262 e. The van der Waals surface area contributed by atoms with Crippen molar-refractivity contribution in [2.24, 2.45) is 7.05 Å². The topological polar surface area (TPSA) is 94.7 Å². The van der Waals surface area contributed by atoms with E-state index in [-0.39, 0.29) is 10.9 Å². The molecular weight excluding hydrogens is 328 g/mol. The van der Waals surface area contributed by atoms with Gasteiger partial charge in [-0.2, -0.15) is 5.10 Å². The van der Waals surface area contributed by atoms with Crippen molar-refractivity contribution in [3.8, 4) is 0 Å². The van der Waals surface area contributed by atoms with Crippen LogP contribution in [-0.2, 0) is 17.1 Å². The Morgan fingerprint density at radius 3 is 2.79 bits per heavy atom. The van der Waals surface area contributed by atoms with Crippen molar-refractivity contribution in [1.82, 2.24) is 24.8 Å². The fraction of sp³-hybridized carbons (Fsp3) is 0.400. The molecule has 1 unspecified atom stereocenters. The second-order valence-electron chi connectivity index (χ2n) is 5.81. The summed E-state index contributed by atoms with van der Waals surface area (Å²) < 4.78 is 31.3. The van der Waals surface area contributed by atoms with Gasteiger partial charge in [0.25, 0.3) is 10.0 Å². The van der Waals surface area contributed by atoms with Gasteiger partial charge in [-0.15, -0.1) is 5.10 Å². The summed E-state index contributed by atoms with van der Waals surface area (Å²) in [6, 6.07) is 4.96. The molecule has 0 amide bonds. The third kappa shape index (κ3) is 2.75. The summed E-state index contributed by atoms with van der Waals surface area (Å²) in [5, 5.41) is 12.1. The molecule has 1 atom stereocenters. The predicted octanol–water partition coefficient (Wildman–Crippen LogP) is 2.25. The second-order valence-corrected chi connectivity index (χ2v) is 7.50. The van der Waals surface area contributed by atoms with Gasteiger partial charge < -0.3 is 0 Å². The van der Waals surface area contributed by atoms with E-state index in [9.17, 15) is 8.42 Å². The summed E-state index contributed by atoms with van der Waals surface area (Å²) in [4.78, 5) is 0.145. The predicted molar refractivity (Wildman–Crippen MR) is 91.3 cm³/mol. The van der Waals surface area contributed by atoms with E-state index in [0.29, 0.717) is 11.2 Å². The van der Waals surface area contributed by atoms with E-state index in [0.717, 1.165) is 17.6 Å². The Morgan fingerprint density at radius 2 is 2.08 bits per heavy atom. The molecule has 1 N–H and O–H groups in total. The maximum Gasteiger partial charge on any atom is 0.262 e. The van der Waals surface area contributed by atoms with E-state index >= 15 is 0 Å². The molecule has 0 bridgehead atoms. The number of fused-ring (bicyclic) bond motifs is 1. The van der Waals surface area contributed by atoms with Crippen molar-refractivity contribution in [1.29, 1.82) is 0 Å². The van der Waals surface area contributed by atoms with Gasteiger partial charge in [0.05, 0.1) is 28.0 Å². The van der Waals surface area contributed by atoms with Gasteiger partial charge >= 0.3 is 0 Å². The number of anilines is 1. The van der Waals surface area contributed by atoms with Gasteiger partial charge in [0.1, 0.15) is 5.52 Å². The first-order valence-electron chi connectivity index (χ1n) is 7.70. The normalized spacial score (nSPS) is 13.3. The first kappa shape index (κ1) is 16.4. The van der Waals surface area contributed by atoms with E-state index in [4.69, 9.17) is 0 Å². The molecule has 0 fully saturated rings. The van der Waals surface area contributed by atoms with Crippen LogP contribution in [0.2, 0.25) is 0 Å². The summed E-state index contributed by atoms with van der Waals surface area (Å²) >= 11 is 0. The first-order chi connectivity index (χ1) is 11.3. The van der Waals surface area contributed by atoms with Gasteiger partial charge in [0.15, 0.2) is 0 Å². The molecule has 9 heteroatoms. The Kier molecular flexibility index (Phi) is 4.04. The van der Waals surface area contributed by atoms with Gasteiger partial charge in [-0.3, -0.25) is 9.40 Å². The van der Waals surface area contributed by atoms with E-state index in [1.807, 2.05) is 18.5 Å². The number of hydrogen-bond donors (Lipinski definition) is 1. The van der Waals surface area contributed by atoms with Crippen LogP contribution in [0.4, 0.5) is 5.69 Å². The molecule has 2 heterocycles. The van der Waals surface area contributed by atoms with Crippen LogP contribution in [0.25, 0.3) is 11.0 Å². The largest absolute Gasteiger partial charge is 0.276 e. The molecule has 128 valence electrons. The van der Waals surface area contributed by atoms with Crippen molar-refractivity contribution < 1.29 is 8.42 Å². The average molecular weight is 348 g/mol.